The van der Waals surface area contributed by atoms with Gasteiger partial charge in [-0.05, 0) is 47.5 Å². The zero-order valence-electron chi connectivity index (χ0n) is 17.2. The molecule has 4 aromatic rings. The summed E-state index contributed by atoms with van der Waals surface area (Å²) in [5.41, 5.74) is 2.94. The van der Waals surface area contributed by atoms with Crippen LogP contribution in [0.3, 0.4) is 0 Å². The molecule has 8 heteroatoms. The summed E-state index contributed by atoms with van der Waals surface area (Å²) >= 11 is 0. The molecule has 0 unspecified atom stereocenters. The van der Waals surface area contributed by atoms with Gasteiger partial charge in [-0.2, -0.15) is 0 Å². The molecule has 1 amide bonds. The number of carbonyl (C=O) groups excluding carboxylic acids is 1. The summed E-state index contributed by atoms with van der Waals surface area (Å²) < 4.78 is 29.3. The Hall–Kier alpha value is -3.91. The van der Waals surface area contributed by atoms with E-state index in [2.05, 4.69) is 15.0 Å². The van der Waals surface area contributed by atoms with E-state index in [0.29, 0.717) is 24.3 Å². The van der Waals surface area contributed by atoms with Gasteiger partial charge in [0, 0.05) is 36.7 Å². The molecule has 0 atom stereocenters. The Balaban J connectivity index is 1.39. The number of sulfonamides is 1. The topological polar surface area (TPSA) is 93.1 Å². The van der Waals surface area contributed by atoms with Gasteiger partial charge in [-0.3, -0.25) is 9.52 Å². The molecule has 1 aromatic heterocycles. The molecule has 32 heavy (non-hydrogen) atoms. The molecular formula is C24H22N4O3S. The minimum Gasteiger partial charge on any atom is -0.348 e. The third-order valence-electron chi connectivity index (χ3n) is 4.92. The Labute approximate surface area is 186 Å². The fraction of sp³-hybridized carbons (Fsp3) is 0.0833. The Morgan fingerprint density at radius 1 is 0.875 bits per heavy atom. The van der Waals surface area contributed by atoms with E-state index in [1.54, 1.807) is 55.0 Å². The molecular weight excluding hydrogens is 424 g/mol. The van der Waals surface area contributed by atoms with Crippen LogP contribution in [0.5, 0.6) is 0 Å². The van der Waals surface area contributed by atoms with E-state index < -0.39 is 10.0 Å². The van der Waals surface area contributed by atoms with E-state index in [1.165, 1.54) is 12.1 Å². The van der Waals surface area contributed by atoms with Gasteiger partial charge in [0.15, 0.2) is 0 Å². The first-order chi connectivity index (χ1) is 15.5. The number of aromatic nitrogens is 2. The molecule has 0 saturated carbocycles. The van der Waals surface area contributed by atoms with E-state index in [1.807, 2.05) is 35.0 Å². The molecule has 0 spiro atoms. The van der Waals surface area contributed by atoms with Crippen LogP contribution in [0.2, 0.25) is 0 Å². The van der Waals surface area contributed by atoms with Crippen molar-refractivity contribution >= 4 is 21.6 Å². The van der Waals surface area contributed by atoms with Gasteiger partial charge >= 0.3 is 0 Å². The molecule has 1 heterocycles. The number of hydrogen-bond donors (Lipinski definition) is 2. The number of benzene rings is 3. The first kappa shape index (κ1) is 21.3. The zero-order valence-corrected chi connectivity index (χ0v) is 18.0. The summed E-state index contributed by atoms with van der Waals surface area (Å²) in [4.78, 5) is 16.8. The van der Waals surface area contributed by atoms with Crippen LogP contribution in [0, 0.1) is 0 Å². The van der Waals surface area contributed by atoms with Crippen molar-refractivity contribution in [1.82, 2.24) is 14.9 Å². The third kappa shape index (κ3) is 5.22. The van der Waals surface area contributed by atoms with E-state index in [4.69, 9.17) is 0 Å². The number of nitrogens with one attached hydrogen (secondary N) is 2. The number of imidazole rings is 1. The maximum Gasteiger partial charge on any atom is 0.261 e. The second kappa shape index (κ2) is 9.49. The molecule has 162 valence electrons. The zero-order chi connectivity index (χ0) is 22.4. The van der Waals surface area contributed by atoms with Crippen molar-refractivity contribution in [3.63, 3.8) is 0 Å². The van der Waals surface area contributed by atoms with Crippen molar-refractivity contribution in [2.75, 3.05) is 4.72 Å². The number of carbonyl (C=O) groups is 1. The lowest BCUT2D eigenvalue weighted by Crippen LogP contribution is -2.23. The third-order valence-corrected chi connectivity index (χ3v) is 6.32. The van der Waals surface area contributed by atoms with E-state index in [0.717, 1.165) is 11.1 Å². The number of anilines is 1. The maximum absolute atomic E-state index is 12.6. The van der Waals surface area contributed by atoms with Crippen LogP contribution < -0.4 is 10.0 Å². The maximum atomic E-state index is 12.6. The number of nitrogens with zero attached hydrogens (tertiary/aromatic N) is 2. The standard InChI is InChI=1S/C24H22N4O3S/c29-24(26-16-20-6-4-5-7-21(20)17-28-15-14-25-18-28)19-10-12-22(13-11-19)27-32(30,31)23-8-2-1-3-9-23/h1-15,18,27H,16-17H2,(H,26,29). The fourth-order valence-corrected chi connectivity index (χ4v) is 4.32. The largest absolute Gasteiger partial charge is 0.348 e. The highest BCUT2D eigenvalue weighted by molar-refractivity contribution is 7.92. The molecule has 2 N–H and O–H groups in total. The van der Waals surface area contributed by atoms with Crippen molar-refractivity contribution in [3.05, 3.63) is 114 Å². The molecule has 0 saturated heterocycles. The van der Waals surface area contributed by atoms with Gasteiger partial charge in [0.2, 0.25) is 0 Å². The molecule has 0 fully saturated rings. The monoisotopic (exact) mass is 446 g/mol. The van der Waals surface area contributed by atoms with Gasteiger partial charge in [0.1, 0.15) is 0 Å². The smallest absolute Gasteiger partial charge is 0.261 e. The molecule has 0 aliphatic heterocycles. The van der Waals surface area contributed by atoms with Gasteiger partial charge < -0.3 is 9.88 Å². The molecule has 0 radical (unpaired) electrons. The van der Waals surface area contributed by atoms with Gasteiger partial charge in [-0.15, -0.1) is 0 Å². The van der Waals surface area contributed by atoms with Crippen molar-refractivity contribution in [2.24, 2.45) is 0 Å². The van der Waals surface area contributed by atoms with E-state index in [9.17, 15) is 13.2 Å². The second-order valence-corrected chi connectivity index (χ2v) is 8.86. The van der Waals surface area contributed by atoms with Crippen LogP contribution >= 0.6 is 0 Å². The minimum atomic E-state index is -3.68. The highest BCUT2D eigenvalue weighted by atomic mass is 32.2. The number of rotatable bonds is 8. The van der Waals surface area contributed by atoms with Gasteiger partial charge in [0.05, 0.1) is 11.2 Å². The summed E-state index contributed by atoms with van der Waals surface area (Å²) in [5.74, 6) is -0.236. The molecule has 4 rings (SSSR count). The van der Waals surface area contributed by atoms with Crippen molar-refractivity contribution in [3.8, 4) is 0 Å². The van der Waals surface area contributed by atoms with E-state index in [-0.39, 0.29) is 10.8 Å². The van der Waals surface area contributed by atoms with Crippen LogP contribution in [0.15, 0.2) is 102 Å². The van der Waals surface area contributed by atoms with Gasteiger partial charge in [0.25, 0.3) is 15.9 Å². The Morgan fingerprint density at radius 2 is 1.56 bits per heavy atom. The van der Waals surface area contributed by atoms with Crippen molar-refractivity contribution in [2.45, 2.75) is 18.0 Å². The first-order valence-electron chi connectivity index (χ1n) is 10.00. The lowest BCUT2D eigenvalue weighted by Gasteiger charge is -2.12. The van der Waals surface area contributed by atoms with Crippen LogP contribution in [0.25, 0.3) is 0 Å². The minimum absolute atomic E-state index is 0.177. The Kier molecular flexibility index (Phi) is 6.32. The number of hydrogen-bond acceptors (Lipinski definition) is 4. The van der Waals surface area contributed by atoms with Crippen LogP contribution in [0.4, 0.5) is 5.69 Å². The van der Waals surface area contributed by atoms with Crippen molar-refractivity contribution in [1.29, 1.82) is 0 Å². The summed E-state index contributed by atoms with van der Waals surface area (Å²) in [5, 5.41) is 2.93. The normalized spacial score (nSPS) is 11.1. The highest BCUT2D eigenvalue weighted by Gasteiger charge is 2.14. The first-order valence-corrected chi connectivity index (χ1v) is 11.5. The van der Waals surface area contributed by atoms with Crippen LogP contribution in [0.1, 0.15) is 21.5 Å². The molecule has 0 bridgehead atoms. The highest BCUT2D eigenvalue weighted by Crippen LogP contribution is 2.17. The van der Waals surface area contributed by atoms with Gasteiger partial charge in [-0.25, -0.2) is 13.4 Å². The quantitative estimate of drug-likeness (QED) is 0.432. The molecule has 0 aliphatic rings. The predicted molar refractivity (Wildman–Crippen MR) is 123 cm³/mol. The average molecular weight is 447 g/mol. The summed E-state index contributed by atoms with van der Waals surface area (Å²) in [7, 11) is -3.68. The molecule has 3 aromatic carbocycles. The number of amides is 1. The molecule has 7 nitrogen and oxygen atoms in total. The lowest BCUT2D eigenvalue weighted by atomic mass is 10.1. The summed E-state index contributed by atoms with van der Waals surface area (Å²) in [6.07, 6.45) is 5.37. The van der Waals surface area contributed by atoms with Crippen LogP contribution in [-0.2, 0) is 23.1 Å². The lowest BCUT2D eigenvalue weighted by molar-refractivity contribution is 0.0951. The second-order valence-electron chi connectivity index (χ2n) is 7.18. The van der Waals surface area contributed by atoms with Gasteiger partial charge in [-0.1, -0.05) is 42.5 Å². The van der Waals surface area contributed by atoms with Crippen LogP contribution in [-0.4, -0.2) is 23.9 Å². The Morgan fingerprint density at radius 3 is 2.25 bits per heavy atom. The fourth-order valence-electron chi connectivity index (χ4n) is 3.24. The average Bonchev–Trinajstić information content (AvgIpc) is 3.32. The van der Waals surface area contributed by atoms with Crippen molar-refractivity contribution < 1.29 is 13.2 Å². The summed E-state index contributed by atoms with van der Waals surface area (Å²) in [6.45, 7) is 1.05. The van der Waals surface area contributed by atoms with E-state index >= 15 is 0 Å². The Bertz CT molecular complexity index is 1290. The predicted octanol–water partition coefficient (Wildman–Crippen LogP) is 3.66. The molecule has 0 aliphatic carbocycles. The summed E-state index contributed by atoms with van der Waals surface area (Å²) in [6, 6.07) is 22.4. The SMILES string of the molecule is O=C(NCc1ccccc1Cn1ccnc1)c1ccc(NS(=O)(=O)c2ccccc2)cc1.